The normalized spacial score (nSPS) is 16.5. The number of alkyl carbamates (subject to hydrolysis) is 1. The van der Waals surface area contributed by atoms with Crippen molar-refractivity contribution in [1.29, 1.82) is 0 Å². The highest BCUT2D eigenvalue weighted by molar-refractivity contribution is 5.86. The summed E-state index contributed by atoms with van der Waals surface area (Å²) in [5, 5.41) is 2.69. The van der Waals surface area contributed by atoms with Crippen LogP contribution >= 0.6 is 0 Å². The molecule has 1 aliphatic heterocycles. The van der Waals surface area contributed by atoms with Crippen LogP contribution in [0.5, 0.6) is 0 Å². The largest absolute Gasteiger partial charge is 0.453 e. The number of benzene rings is 2. The van der Waals surface area contributed by atoms with Gasteiger partial charge in [-0.1, -0.05) is 76.2 Å². The molecule has 5 N–H and O–H groups in total. The first-order chi connectivity index (χ1) is 20.7. The molecule has 226 valence electrons. The van der Waals surface area contributed by atoms with Crippen molar-refractivity contribution in [3.05, 3.63) is 72.6 Å². The Morgan fingerprint density at radius 1 is 0.884 bits per heavy atom. The van der Waals surface area contributed by atoms with Gasteiger partial charge in [0.1, 0.15) is 17.7 Å². The van der Waals surface area contributed by atoms with Crippen molar-refractivity contribution in [3.8, 4) is 33.6 Å². The van der Waals surface area contributed by atoms with Gasteiger partial charge in [-0.15, -0.1) is 0 Å². The highest BCUT2D eigenvalue weighted by atomic mass is 16.5. The number of methoxy groups -OCH3 is 1. The Hall–Kier alpha value is -4.44. The van der Waals surface area contributed by atoms with Gasteiger partial charge in [0.05, 0.1) is 43.0 Å². The first-order valence-electron chi connectivity index (χ1n) is 14.9. The van der Waals surface area contributed by atoms with Gasteiger partial charge < -0.3 is 30.7 Å². The summed E-state index contributed by atoms with van der Waals surface area (Å²) in [6.07, 6.45) is 4.72. The number of likely N-dealkylation sites (tertiary alicyclic amines) is 1. The van der Waals surface area contributed by atoms with E-state index in [4.69, 9.17) is 10.5 Å². The number of hydrogen-bond donors (Lipinski definition) is 4. The number of hydrogen-bond acceptors (Lipinski definition) is 6. The average molecular weight is 584 g/mol. The minimum absolute atomic E-state index is 0.0818. The zero-order valence-electron chi connectivity index (χ0n) is 25.4. The van der Waals surface area contributed by atoms with Crippen LogP contribution in [0.25, 0.3) is 33.6 Å². The van der Waals surface area contributed by atoms with Crippen molar-refractivity contribution in [2.75, 3.05) is 13.7 Å². The summed E-state index contributed by atoms with van der Waals surface area (Å²) in [5.41, 5.74) is 12.4. The van der Waals surface area contributed by atoms with Crippen molar-refractivity contribution in [3.63, 3.8) is 0 Å². The van der Waals surface area contributed by atoms with Crippen LogP contribution in [0.1, 0.15) is 64.3 Å². The number of aromatic amines is 2. The molecule has 10 heteroatoms. The van der Waals surface area contributed by atoms with E-state index in [-0.39, 0.29) is 23.9 Å². The third-order valence-corrected chi connectivity index (χ3v) is 8.19. The van der Waals surface area contributed by atoms with E-state index in [1.165, 1.54) is 7.11 Å². The third-order valence-electron chi connectivity index (χ3n) is 8.19. The van der Waals surface area contributed by atoms with E-state index in [2.05, 4.69) is 87.6 Å². The Morgan fingerprint density at radius 3 is 2.00 bits per heavy atom. The van der Waals surface area contributed by atoms with Crippen molar-refractivity contribution in [2.45, 2.75) is 58.7 Å². The lowest BCUT2D eigenvalue weighted by Crippen LogP contribution is -2.51. The number of H-pyrrole nitrogens is 2. The number of amides is 2. The molecule has 1 fully saturated rings. The highest BCUT2D eigenvalue weighted by Gasteiger charge is 2.37. The lowest BCUT2D eigenvalue weighted by molar-refractivity contribution is -0.135. The minimum atomic E-state index is -0.663. The van der Waals surface area contributed by atoms with Gasteiger partial charge in [0.2, 0.25) is 5.91 Å². The molecule has 1 aliphatic rings. The second-order valence-corrected chi connectivity index (χ2v) is 11.8. The molecule has 5 rings (SSSR count). The average Bonchev–Trinajstić information content (AvgIpc) is 3.80. The molecule has 3 heterocycles. The number of nitrogens with one attached hydrogen (secondary N) is 3. The summed E-state index contributed by atoms with van der Waals surface area (Å²) in [6.45, 7) is 8.60. The topological polar surface area (TPSA) is 142 Å². The molecule has 2 aromatic heterocycles. The molecule has 3 atom stereocenters. The summed E-state index contributed by atoms with van der Waals surface area (Å²) in [4.78, 5) is 43.0. The molecule has 0 spiro atoms. The second kappa shape index (κ2) is 12.8. The fraction of sp³-hybridized carbons (Fsp3) is 0.394. The maximum atomic E-state index is 13.4. The number of ether oxygens (including phenoxy) is 1. The number of nitrogens with zero attached hydrogens (tertiary/aromatic N) is 3. The zero-order chi connectivity index (χ0) is 30.7. The van der Waals surface area contributed by atoms with Gasteiger partial charge in [-0.2, -0.15) is 0 Å². The fourth-order valence-electron chi connectivity index (χ4n) is 5.50. The molecule has 2 aromatic carbocycles. The quantitative estimate of drug-likeness (QED) is 0.195. The number of nitrogens with two attached hydrogens (primary N) is 1. The summed E-state index contributed by atoms with van der Waals surface area (Å²) in [5.74, 6) is 1.65. The van der Waals surface area contributed by atoms with Gasteiger partial charge in [0, 0.05) is 6.54 Å². The van der Waals surface area contributed by atoms with E-state index >= 15 is 0 Å². The number of rotatable bonds is 9. The monoisotopic (exact) mass is 583 g/mol. The van der Waals surface area contributed by atoms with E-state index in [0.29, 0.717) is 12.5 Å². The lowest BCUT2D eigenvalue weighted by Gasteiger charge is -2.30. The Kier molecular flexibility index (Phi) is 8.96. The Balaban J connectivity index is 1.27. The SMILES string of the molecule is COC(=O)N[C@H](C(=O)N1CCC[C@H]1c1ncc(-c2ccc(-c3ccc(-c4cnc([C@@H](N)C(C)C)[nH]4)cc3)cc2)[nH]1)C(C)C. The fourth-order valence-corrected chi connectivity index (χ4v) is 5.50. The molecule has 0 aliphatic carbocycles. The lowest BCUT2D eigenvalue weighted by atomic mass is 10.0. The molecule has 1 saturated heterocycles. The van der Waals surface area contributed by atoms with Crippen LogP contribution in [0.2, 0.25) is 0 Å². The van der Waals surface area contributed by atoms with Crippen LogP contribution in [0, 0.1) is 11.8 Å². The molecular weight excluding hydrogens is 542 g/mol. The smallest absolute Gasteiger partial charge is 0.407 e. The van der Waals surface area contributed by atoms with Crippen molar-refractivity contribution in [2.24, 2.45) is 17.6 Å². The molecule has 4 aromatic rings. The van der Waals surface area contributed by atoms with E-state index < -0.39 is 12.1 Å². The number of carbonyl (C=O) groups is 2. The molecule has 0 radical (unpaired) electrons. The summed E-state index contributed by atoms with van der Waals surface area (Å²) in [6, 6.07) is 15.8. The van der Waals surface area contributed by atoms with Crippen LogP contribution in [-0.2, 0) is 9.53 Å². The van der Waals surface area contributed by atoms with Gasteiger partial charge in [-0.3, -0.25) is 4.79 Å². The van der Waals surface area contributed by atoms with Crippen LogP contribution in [-0.4, -0.2) is 56.5 Å². The van der Waals surface area contributed by atoms with Crippen LogP contribution < -0.4 is 11.1 Å². The Bertz CT molecular complexity index is 1540. The molecule has 43 heavy (non-hydrogen) atoms. The van der Waals surface area contributed by atoms with Gasteiger partial charge in [0.25, 0.3) is 0 Å². The molecule has 2 amide bonds. The van der Waals surface area contributed by atoms with Crippen LogP contribution in [0.3, 0.4) is 0 Å². The Labute approximate surface area is 252 Å². The predicted molar refractivity (Wildman–Crippen MR) is 167 cm³/mol. The highest BCUT2D eigenvalue weighted by Crippen LogP contribution is 2.33. The first kappa shape index (κ1) is 30.0. The van der Waals surface area contributed by atoms with Crippen LogP contribution in [0.15, 0.2) is 60.9 Å². The van der Waals surface area contributed by atoms with Gasteiger partial charge in [-0.05, 0) is 46.9 Å². The van der Waals surface area contributed by atoms with E-state index in [1.54, 1.807) is 0 Å². The zero-order valence-corrected chi connectivity index (χ0v) is 25.4. The molecular formula is C33H41N7O3. The minimum Gasteiger partial charge on any atom is -0.453 e. The van der Waals surface area contributed by atoms with E-state index in [9.17, 15) is 9.59 Å². The van der Waals surface area contributed by atoms with E-state index in [1.807, 2.05) is 31.1 Å². The second-order valence-electron chi connectivity index (χ2n) is 11.8. The Morgan fingerprint density at radius 2 is 1.44 bits per heavy atom. The standard InChI is InChI=1S/C33H41N7O3/c1-19(2)28(34)31-36-18-26(38-31)24-14-10-22(11-15-24)21-8-12-23(13-9-21)25-17-35-30(37-25)27-7-6-16-40(27)32(41)29(20(3)4)39-33(42)43-5/h8-15,17-20,27-29H,6-7,16,34H2,1-5H3,(H,35,37)(H,36,38)(H,39,42)/t27-,28-,29-/m0/s1. The van der Waals surface area contributed by atoms with E-state index in [0.717, 1.165) is 58.1 Å². The number of carbonyl (C=O) groups excluding carboxylic acids is 2. The van der Waals surface area contributed by atoms with Gasteiger partial charge in [0.15, 0.2) is 0 Å². The van der Waals surface area contributed by atoms with Gasteiger partial charge in [-0.25, -0.2) is 14.8 Å². The molecule has 0 unspecified atom stereocenters. The summed E-state index contributed by atoms with van der Waals surface area (Å²) < 4.78 is 4.74. The maximum Gasteiger partial charge on any atom is 0.407 e. The van der Waals surface area contributed by atoms with Crippen molar-refractivity contribution < 1.29 is 14.3 Å². The predicted octanol–water partition coefficient (Wildman–Crippen LogP) is 5.83. The summed E-state index contributed by atoms with van der Waals surface area (Å²) in [7, 11) is 1.30. The van der Waals surface area contributed by atoms with Crippen LogP contribution in [0.4, 0.5) is 4.79 Å². The number of imidazole rings is 2. The first-order valence-corrected chi connectivity index (χ1v) is 14.9. The number of aromatic nitrogens is 4. The van der Waals surface area contributed by atoms with Gasteiger partial charge >= 0.3 is 6.09 Å². The maximum absolute atomic E-state index is 13.4. The molecule has 10 nitrogen and oxygen atoms in total. The van der Waals surface area contributed by atoms with Crippen molar-refractivity contribution in [1.82, 2.24) is 30.2 Å². The molecule has 0 bridgehead atoms. The third kappa shape index (κ3) is 6.49. The molecule has 0 saturated carbocycles. The van der Waals surface area contributed by atoms with Crippen molar-refractivity contribution >= 4 is 12.0 Å². The summed E-state index contributed by atoms with van der Waals surface area (Å²) >= 11 is 0.